The van der Waals surface area contributed by atoms with Crippen molar-refractivity contribution in [1.82, 2.24) is 13.6 Å². The Morgan fingerprint density at radius 1 is 1.17 bits per heavy atom. The number of nitrogens with zero attached hydrogens (tertiary/aromatic N) is 3. The number of sulfonamides is 1. The van der Waals surface area contributed by atoms with E-state index in [1.807, 2.05) is 33.3 Å². The van der Waals surface area contributed by atoms with Crippen LogP contribution in [-0.2, 0) is 10.0 Å². The zero-order valence-corrected chi connectivity index (χ0v) is 20.3. The van der Waals surface area contributed by atoms with E-state index >= 15 is 0 Å². The maximum absolute atomic E-state index is 13.5. The molecule has 1 aliphatic rings. The molecule has 1 atom stereocenters. The van der Waals surface area contributed by atoms with Gasteiger partial charge in [-0.25, -0.2) is 8.42 Å². The van der Waals surface area contributed by atoms with E-state index in [9.17, 15) is 13.2 Å². The van der Waals surface area contributed by atoms with Crippen molar-refractivity contribution in [2.45, 2.75) is 41.1 Å². The lowest BCUT2D eigenvalue weighted by molar-refractivity contribution is 0.0627. The Bertz CT molecular complexity index is 965. The molecule has 6 nitrogen and oxygen atoms in total. The highest BCUT2D eigenvalue weighted by Crippen LogP contribution is 2.36. The number of hydrogen-bond donors (Lipinski definition) is 0. The van der Waals surface area contributed by atoms with Crippen molar-refractivity contribution in [2.24, 2.45) is 5.92 Å². The molecule has 1 aromatic carbocycles. The van der Waals surface area contributed by atoms with Crippen LogP contribution in [0.3, 0.4) is 0 Å². The SMILES string of the molecule is CSc1nsc(SC)c1C(=O)N1CCN(S(=O)(=O)c2ccc(C)cc2)[C@H]1C(C)C. The standard InChI is InChI=1S/C19H25N3O3S4/c1-12(2)17-21(18(23)15-16(26-4)20-28-19(15)27-5)10-11-22(17)29(24,25)14-8-6-13(3)7-9-14/h6-9,12,17H,10-11H2,1-5H3/t17-/m0/s1. The van der Waals surface area contributed by atoms with Crippen molar-refractivity contribution in [3.63, 3.8) is 0 Å². The molecule has 1 saturated heterocycles. The number of hydrogen-bond acceptors (Lipinski definition) is 7. The van der Waals surface area contributed by atoms with Crippen molar-refractivity contribution >= 4 is 51.0 Å². The van der Waals surface area contributed by atoms with E-state index in [0.717, 1.165) is 9.77 Å². The zero-order valence-electron chi connectivity index (χ0n) is 17.1. The Morgan fingerprint density at radius 3 is 2.38 bits per heavy atom. The van der Waals surface area contributed by atoms with E-state index in [2.05, 4.69) is 4.37 Å². The van der Waals surface area contributed by atoms with Gasteiger partial charge in [-0.3, -0.25) is 4.79 Å². The first-order valence-corrected chi connectivity index (χ1v) is 13.9. The smallest absolute Gasteiger partial charge is 0.260 e. The van der Waals surface area contributed by atoms with Crippen molar-refractivity contribution in [1.29, 1.82) is 0 Å². The Hall–Kier alpha value is -1.07. The third-order valence-electron chi connectivity index (χ3n) is 4.88. The van der Waals surface area contributed by atoms with E-state index in [0.29, 0.717) is 17.1 Å². The van der Waals surface area contributed by atoms with Crippen LogP contribution in [0.15, 0.2) is 38.4 Å². The minimum absolute atomic E-state index is 0.0521. The summed E-state index contributed by atoms with van der Waals surface area (Å²) in [5, 5.41) is 0.701. The van der Waals surface area contributed by atoms with Gasteiger partial charge in [-0.1, -0.05) is 31.5 Å². The van der Waals surface area contributed by atoms with Crippen LogP contribution in [0.25, 0.3) is 0 Å². The maximum atomic E-state index is 13.5. The van der Waals surface area contributed by atoms with Gasteiger partial charge >= 0.3 is 0 Å². The Balaban J connectivity index is 1.98. The third kappa shape index (κ3) is 4.23. The van der Waals surface area contributed by atoms with Gasteiger partial charge in [0.05, 0.1) is 14.7 Å². The highest BCUT2D eigenvalue weighted by Gasteiger charge is 2.45. The summed E-state index contributed by atoms with van der Waals surface area (Å²) in [6.07, 6.45) is 3.29. The van der Waals surface area contributed by atoms with Gasteiger partial charge in [-0.2, -0.15) is 8.68 Å². The van der Waals surface area contributed by atoms with Crippen molar-refractivity contribution < 1.29 is 13.2 Å². The van der Waals surface area contributed by atoms with Gasteiger partial charge in [0.2, 0.25) is 10.0 Å². The fourth-order valence-electron chi connectivity index (χ4n) is 3.51. The van der Waals surface area contributed by atoms with E-state index < -0.39 is 16.2 Å². The molecule has 10 heteroatoms. The van der Waals surface area contributed by atoms with Crippen LogP contribution in [0.4, 0.5) is 0 Å². The second-order valence-electron chi connectivity index (χ2n) is 7.14. The largest absolute Gasteiger partial charge is 0.320 e. The lowest BCUT2D eigenvalue weighted by Crippen LogP contribution is -2.47. The van der Waals surface area contributed by atoms with Crippen LogP contribution in [0.1, 0.15) is 29.8 Å². The van der Waals surface area contributed by atoms with Gasteiger partial charge in [0.1, 0.15) is 11.2 Å². The zero-order chi connectivity index (χ0) is 21.3. The van der Waals surface area contributed by atoms with E-state index in [1.165, 1.54) is 39.4 Å². The molecule has 0 unspecified atom stereocenters. The van der Waals surface area contributed by atoms with Crippen LogP contribution < -0.4 is 0 Å². The Labute approximate surface area is 185 Å². The molecule has 0 aliphatic carbocycles. The van der Waals surface area contributed by atoms with Crippen LogP contribution in [-0.4, -0.2) is 59.7 Å². The van der Waals surface area contributed by atoms with Crippen LogP contribution in [0.5, 0.6) is 0 Å². The summed E-state index contributed by atoms with van der Waals surface area (Å²) in [7, 11) is -3.70. The fraction of sp³-hybridized carbons (Fsp3) is 0.474. The average Bonchev–Trinajstić information content (AvgIpc) is 3.32. The third-order valence-corrected chi connectivity index (χ3v) is 9.51. The van der Waals surface area contributed by atoms with Crippen LogP contribution in [0.2, 0.25) is 0 Å². The number of amides is 1. The molecule has 0 spiro atoms. The number of aryl methyl sites for hydroxylation is 1. The second-order valence-corrected chi connectivity index (χ2v) is 11.7. The normalized spacial score (nSPS) is 18.0. The second kappa shape index (κ2) is 8.97. The minimum Gasteiger partial charge on any atom is -0.320 e. The van der Waals surface area contributed by atoms with Gasteiger partial charge < -0.3 is 4.90 Å². The quantitative estimate of drug-likeness (QED) is 0.593. The number of carbonyl (C=O) groups is 1. The molecule has 158 valence electrons. The number of carbonyl (C=O) groups excluding carboxylic acids is 1. The highest BCUT2D eigenvalue weighted by atomic mass is 32.2. The number of rotatable bonds is 6. The summed E-state index contributed by atoms with van der Waals surface area (Å²) < 4.78 is 33.4. The molecule has 3 rings (SSSR count). The molecule has 0 N–H and O–H groups in total. The van der Waals surface area contributed by atoms with Crippen molar-refractivity contribution in [3.8, 4) is 0 Å². The van der Waals surface area contributed by atoms with Crippen molar-refractivity contribution in [3.05, 3.63) is 35.4 Å². The predicted octanol–water partition coefficient (Wildman–Crippen LogP) is 4.02. The van der Waals surface area contributed by atoms with Gasteiger partial charge in [0.15, 0.2) is 0 Å². The fourth-order valence-corrected chi connectivity index (χ4v) is 7.49. The summed E-state index contributed by atoms with van der Waals surface area (Å²) in [5.41, 5.74) is 1.59. The first-order chi connectivity index (χ1) is 13.7. The topological polar surface area (TPSA) is 70.6 Å². The first-order valence-electron chi connectivity index (χ1n) is 9.19. The average molecular weight is 472 g/mol. The molecule has 0 bridgehead atoms. The van der Waals surface area contributed by atoms with Crippen LogP contribution >= 0.6 is 35.1 Å². The predicted molar refractivity (Wildman–Crippen MR) is 120 cm³/mol. The molecular weight excluding hydrogens is 446 g/mol. The first kappa shape index (κ1) is 22.6. The van der Waals surface area contributed by atoms with Gasteiger partial charge in [0, 0.05) is 13.1 Å². The van der Waals surface area contributed by atoms with E-state index in [1.54, 1.807) is 29.2 Å². The molecule has 1 fully saturated rings. The molecule has 0 saturated carbocycles. The molecule has 1 amide bonds. The van der Waals surface area contributed by atoms with E-state index in [-0.39, 0.29) is 23.3 Å². The summed E-state index contributed by atoms with van der Waals surface area (Å²) in [5.74, 6) is -0.198. The minimum atomic E-state index is -3.70. The molecule has 1 aromatic heterocycles. The maximum Gasteiger partial charge on any atom is 0.260 e. The number of aromatic nitrogens is 1. The summed E-state index contributed by atoms with van der Waals surface area (Å²) in [6, 6.07) is 6.85. The Morgan fingerprint density at radius 2 is 1.83 bits per heavy atom. The monoisotopic (exact) mass is 471 g/mol. The molecule has 0 radical (unpaired) electrons. The number of benzene rings is 1. The van der Waals surface area contributed by atoms with Crippen molar-refractivity contribution in [2.75, 3.05) is 25.6 Å². The van der Waals surface area contributed by atoms with E-state index in [4.69, 9.17) is 0 Å². The van der Waals surface area contributed by atoms with Crippen LogP contribution in [0, 0.1) is 12.8 Å². The molecule has 2 heterocycles. The summed E-state index contributed by atoms with van der Waals surface area (Å²) in [6.45, 7) is 6.47. The van der Waals surface area contributed by atoms with Gasteiger partial charge in [-0.05, 0) is 49.0 Å². The molecular formula is C19H25N3O3S4. The molecule has 29 heavy (non-hydrogen) atoms. The summed E-state index contributed by atoms with van der Waals surface area (Å²) in [4.78, 5) is 15.4. The number of thioether (sulfide) groups is 2. The molecule has 1 aliphatic heterocycles. The lowest BCUT2D eigenvalue weighted by Gasteiger charge is -2.32. The summed E-state index contributed by atoms with van der Waals surface area (Å²) >= 11 is 4.25. The lowest BCUT2D eigenvalue weighted by atomic mass is 10.1. The Kier molecular flexibility index (Phi) is 6.99. The molecule has 2 aromatic rings. The van der Waals surface area contributed by atoms with Gasteiger partial charge in [-0.15, -0.1) is 23.5 Å². The highest BCUT2D eigenvalue weighted by molar-refractivity contribution is 8.01. The van der Waals surface area contributed by atoms with Gasteiger partial charge in [0.25, 0.3) is 5.91 Å².